The molecule has 2 aromatic rings. The predicted octanol–water partition coefficient (Wildman–Crippen LogP) is 4.16. The van der Waals surface area contributed by atoms with Crippen molar-refractivity contribution in [3.63, 3.8) is 0 Å². The van der Waals surface area contributed by atoms with Crippen LogP contribution in [-0.4, -0.2) is 47.3 Å². The molecule has 2 amide bonds. The summed E-state index contributed by atoms with van der Waals surface area (Å²) in [7, 11) is 0. The Hall–Kier alpha value is -2.66. The van der Waals surface area contributed by atoms with Crippen molar-refractivity contribution in [2.75, 3.05) is 25.0 Å². The lowest BCUT2D eigenvalue weighted by atomic mass is 9.95. The molecule has 0 spiro atoms. The van der Waals surface area contributed by atoms with Crippen LogP contribution in [0.1, 0.15) is 38.2 Å². The molecule has 0 aromatic heterocycles. The van der Waals surface area contributed by atoms with Crippen LogP contribution in [0.3, 0.4) is 0 Å². The Labute approximate surface area is 185 Å². The average molecular weight is 420 g/mol. The predicted molar refractivity (Wildman–Crippen MR) is 123 cm³/mol. The van der Waals surface area contributed by atoms with Gasteiger partial charge in [0.05, 0.1) is 6.54 Å². The van der Waals surface area contributed by atoms with E-state index in [1.807, 2.05) is 41.3 Å². The van der Waals surface area contributed by atoms with Gasteiger partial charge in [-0.25, -0.2) is 0 Å². The summed E-state index contributed by atoms with van der Waals surface area (Å²) in [5.74, 6) is 0.927. The lowest BCUT2D eigenvalue weighted by Crippen LogP contribution is -2.47. The van der Waals surface area contributed by atoms with E-state index in [2.05, 4.69) is 41.4 Å². The van der Waals surface area contributed by atoms with Crippen LogP contribution < -0.4 is 5.32 Å². The first kappa shape index (κ1) is 21.6. The second-order valence-corrected chi connectivity index (χ2v) is 8.98. The standard InChI is InChI=1S/C26H33N3O2/c1-20(22-12-13-22)29(18-21-8-4-2-5-9-21)19-25(30)28-16-14-23(15-17-28)26(31)27-24-10-6-3-7-11-24/h2-11,20,22-23H,12-19H2,1H3,(H,27,31). The van der Waals surface area contributed by atoms with E-state index in [0.717, 1.165) is 25.1 Å². The molecule has 1 atom stereocenters. The zero-order valence-corrected chi connectivity index (χ0v) is 18.4. The van der Waals surface area contributed by atoms with Crippen LogP contribution in [0.15, 0.2) is 60.7 Å². The highest BCUT2D eigenvalue weighted by Gasteiger charge is 2.34. The Morgan fingerprint density at radius 3 is 2.19 bits per heavy atom. The van der Waals surface area contributed by atoms with Gasteiger partial charge in [-0.2, -0.15) is 0 Å². The lowest BCUT2D eigenvalue weighted by molar-refractivity contribution is -0.136. The van der Waals surface area contributed by atoms with Crippen molar-refractivity contribution in [2.45, 2.75) is 45.2 Å². The van der Waals surface area contributed by atoms with Gasteiger partial charge in [-0.3, -0.25) is 14.5 Å². The second-order valence-electron chi connectivity index (χ2n) is 8.98. The maximum atomic E-state index is 13.1. The Morgan fingerprint density at radius 2 is 1.58 bits per heavy atom. The normalized spacial score (nSPS) is 18.1. The number of nitrogens with zero attached hydrogens (tertiary/aromatic N) is 2. The monoisotopic (exact) mass is 419 g/mol. The summed E-state index contributed by atoms with van der Waals surface area (Å²) in [5, 5.41) is 3.00. The van der Waals surface area contributed by atoms with Crippen LogP contribution in [-0.2, 0) is 16.1 Å². The highest BCUT2D eigenvalue weighted by atomic mass is 16.2. The minimum atomic E-state index is -0.0323. The third-order valence-corrected chi connectivity index (χ3v) is 6.71. The maximum absolute atomic E-state index is 13.1. The van der Waals surface area contributed by atoms with E-state index in [0.29, 0.717) is 31.6 Å². The molecule has 1 saturated carbocycles. The van der Waals surface area contributed by atoms with Crippen molar-refractivity contribution in [3.8, 4) is 0 Å². The highest BCUT2D eigenvalue weighted by Crippen LogP contribution is 2.35. The fraction of sp³-hybridized carbons (Fsp3) is 0.462. The van der Waals surface area contributed by atoms with Gasteiger partial charge in [0.2, 0.25) is 11.8 Å². The Kier molecular flexibility index (Phi) is 7.03. The van der Waals surface area contributed by atoms with Crippen LogP contribution in [0.2, 0.25) is 0 Å². The molecule has 1 aliphatic carbocycles. The molecule has 5 nitrogen and oxygen atoms in total. The van der Waals surface area contributed by atoms with Gasteiger partial charge in [0.15, 0.2) is 0 Å². The number of para-hydroxylation sites is 1. The summed E-state index contributed by atoms with van der Waals surface area (Å²) in [6, 6.07) is 20.4. The Bertz CT molecular complexity index is 859. The van der Waals surface area contributed by atoms with E-state index >= 15 is 0 Å². The Balaban J connectivity index is 1.30. The first-order valence-electron chi connectivity index (χ1n) is 11.5. The molecule has 2 fully saturated rings. The van der Waals surface area contributed by atoms with E-state index in [-0.39, 0.29) is 17.7 Å². The second kappa shape index (κ2) is 10.1. The largest absolute Gasteiger partial charge is 0.342 e. The van der Waals surface area contributed by atoms with E-state index < -0.39 is 0 Å². The topological polar surface area (TPSA) is 52.7 Å². The summed E-state index contributed by atoms with van der Waals surface area (Å²) in [5.41, 5.74) is 2.08. The molecule has 1 saturated heterocycles. The summed E-state index contributed by atoms with van der Waals surface area (Å²) in [6.07, 6.45) is 3.98. The van der Waals surface area contributed by atoms with Crippen LogP contribution in [0.25, 0.3) is 0 Å². The van der Waals surface area contributed by atoms with Gasteiger partial charge in [-0.05, 0) is 56.2 Å². The van der Waals surface area contributed by atoms with Gasteiger partial charge < -0.3 is 10.2 Å². The third kappa shape index (κ3) is 5.95. The molecule has 2 aliphatic rings. The molecule has 1 N–H and O–H groups in total. The van der Waals surface area contributed by atoms with Crippen molar-refractivity contribution in [2.24, 2.45) is 11.8 Å². The number of likely N-dealkylation sites (tertiary alicyclic amines) is 1. The Morgan fingerprint density at radius 1 is 0.968 bits per heavy atom. The maximum Gasteiger partial charge on any atom is 0.236 e. The molecule has 1 aliphatic heterocycles. The molecule has 164 valence electrons. The van der Waals surface area contributed by atoms with Crippen LogP contribution in [0.4, 0.5) is 5.69 Å². The van der Waals surface area contributed by atoms with Gasteiger partial charge in [-0.1, -0.05) is 48.5 Å². The van der Waals surface area contributed by atoms with Crippen LogP contribution in [0.5, 0.6) is 0 Å². The number of amides is 2. The molecule has 31 heavy (non-hydrogen) atoms. The summed E-state index contributed by atoms with van der Waals surface area (Å²) in [6.45, 7) is 4.83. The molecule has 1 unspecified atom stereocenters. The molecule has 4 rings (SSSR count). The number of hydrogen-bond acceptors (Lipinski definition) is 3. The number of hydrogen-bond donors (Lipinski definition) is 1. The molecule has 5 heteroatoms. The van der Waals surface area contributed by atoms with Gasteiger partial charge in [0.1, 0.15) is 0 Å². The number of carbonyl (C=O) groups excluding carboxylic acids is 2. The SMILES string of the molecule is CC(C1CC1)N(CC(=O)N1CCC(C(=O)Nc2ccccc2)CC1)Cc1ccccc1. The smallest absolute Gasteiger partial charge is 0.236 e. The highest BCUT2D eigenvalue weighted by molar-refractivity contribution is 5.92. The van der Waals surface area contributed by atoms with Crippen molar-refractivity contribution in [1.82, 2.24) is 9.80 Å². The number of benzene rings is 2. The number of rotatable bonds is 8. The first-order chi connectivity index (χ1) is 15.1. The summed E-state index contributed by atoms with van der Waals surface area (Å²) < 4.78 is 0. The first-order valence-corrected chi connectivity index (χ1v) is 11.5. The van der Waals surface area contributed by atoms with Gasteiger partial charge in [-0.15, -0.1) is 0 Å². The van der Waals surface area contributed by atoms with E-state index in [9.17, 15) is 9.59 Å². The van der Waals surface area contributed by atoms with E-state index in [1.54, 1.807) is 0 Å². The number of carbonyl (C=O) groups is 2. The number of piperidine rings is 1. The molecular weight excluding hydrogens is 386 g/mol. The van der Waals surface area contributed by atoms with Crippen molar-refractivity contribution in [3.05, 3.63) is 66.2 Å². The lowest BCUT2D eigenvalue weighted by Gasteiger charge is -2.35. The molecular formula is C26H33N3O2. The fourth-order valence-electron chi connectivity index (χ4n) is 4.47. The van der Waals surface area contributed by atoms with Crippen molar-refractivity contribution < 1.29 is 9.59 Å². The molecule has 2 aromatic carbocycles. The zero-order chi connectivity index (χ0) is 21.6. The third-order valence-electron chi connectivity index (χ3n) is 6.71. The van der Waals surface area contributed by atoms with E-state index in [1.165, 1.54) is 18.4 Å². The van der Waals surface area contributed by atoms with Crippen molar-refractivity contribution in [1.29, 1.82) is 0 Å². The van der Waals surface area contributed by atoms with Gasteiger partial charge >= 0.3 is 0 Å². The van der Waals surface area contributed by atoms with Gasteiger partial charge in [0.25, 0.3) is 0 Å². The molecule has 1 heterocycles. The minimum absolute atomic E-state index is 0.0323. The van der Waals surface area contributed by atoms with Crippen LogP contribution >= 0.6 is 0 Å². The average Bonchev–Trinajstić information content (AvgIpc) is 3.65. The fourth-order valence-corrected chi connectivity index (χ4v) is 4.47. The summed E-state index contributed by atoms with van der Waals surface area (Å²) >= 11 is 0. The molecule has 0 radical (unpaired) electrons. The number of anilines is 1. The van der Waals surface area contributed by atoms with Crippen molar-refractivity contribution >= 4 is 17.5 Å². The van der Waals surface area contributed by atoms with Crippen LogP contribution in [0, 0.1) is 11.8 Å². The number of nitrogens with one attached hydrogen (secondary N) is 1. The van der Waals surface area contributed by atoms with Gasteiger partial charge in [0, 0.05) is 37.3 Å². The summed E-state index contributed by atoms with van der Waals surface area (Å²) in [4.78, 5) is 30.0. The quantitative estimate of drug-likeness (QED) is 0.699. The minimum Gasteiger partial charge on any atom is -0.342 e. The zero-order valence-electron chi connectivity index (χ0n) is 18.4. The van der Waals surface area contributed by atoms with E-state index in [4.69, 9.17) is 0 Å². The molecule has 0 bridgehead atoms.